The number of halogens is 2. The quantitative estimate of drug-likeness (QED) is 0.227. The number of anilines is 2. The Hall–Kier alpha value is -3.83. The third-order valence-corrected chi connectivity index (χ3v) is 7.42. The van der Waals surface area contributed by atoms with Crippen molar-refractivity contribution in [3.8, 4) is 17.0 Å². The van der Waals surface area contributed by atoms with Gasteiger partial charge in [0.25, 0.3) is 0 Å². The lowest BCUT2D eigenvalue weighted by atomic mass is 10.1. The van der Waals surface area contributed by atoms with E-state index in [4.69, 9.17) is 11.6 Å². The van der Waals surface area contributed by atoms with E-state index in [1.54, 1.807) is 10.4 Å². The van der Waals surface area contributed by atoms with Gasteiger partial charge in [0.05, 0.1) is 33.8 Å². The fourth-order valence-electron chi connectivity index (χ4n) is 4.23. The summed E-state index contributed by atoms with van der Waals surface area (Å²) in [5.74, 6) is -1.05. The van der Waals surface area contributed by atoms with Gasteiger partial charge in [-0.1, -0.05) is 38.1 Å². The van der Waals surface area contributed by atoms with E-state index in [1.807, 2.05) is 25.7 Å². The minimum Gasteiger partial charge on any atom is -0.507 e. The van der Waals surface area contributed by atoms with Crippen molar-refractivity contribution in [1.29, 1.82) is 0 Å². The summed E-state index contributed by atoms with van der Waals surface area (Å²) in [4.78, 5) is 43.7. The number of amides is 3. The minimum atomic E-state index is -0.707. The number of rotatable bonds is 6. The monoisotopic (exact) mass is 570 g/mol. The number of piperazine rings is 1. The third kappa shape index (κ3) is 5.94. The van der Waals surface area contributed by atoms with E-state index in [9.17, 15) is 19.1 Å². The van der Waals surface area contributed by atoms with E-state index in [1.165, 1.54) is 59.0 Å². The van der Waals surface area contributed by atoms with Gasteiger partial charge in [0, 0.05) is 25.7 Å². The molecule has 3 aromatic rings. The van der Waals surface area contributed by atoms with Gasteiger partial charge in [-0.05, 0) is 43.2 Å². The van der Waals surface area contributed by atoms with Crippen LogP contribution in [-0.4, -0.2) is 68.8 Å². The van der Waals surface area contributed by atoms with Crippen molar-refractivity contribution in [2.75, 3.05) is 24.5 Å². The Morgan fingerprint density at radius 2 is 2.08 bits per heavy atom. The molecule has 0 unspecified atom stereocenters. The summed E-state index contributed by atoms with van der Waals surface area (Å²) < 4.78 is 14.7. The molecule has 39 heavy (non-hydrogen) atoms. The number of pyridine rings is 1. The maximum Gasteiger partial charge on any atom is 0.355 e. The van der Waals surface area contributed by atoms with Crippen molar-refractivity contribution >= 4 is 52.0 Å². The van der Waals surface area contributed by atoms with Gasteiger partial charge < -0.3 is 14.9 Å². The Labute approximate surface area is 234 Å². The first kappa shape index (κ1) is 28.2. The summed E-state index contributed by atoms with van der Waals surface area (Å²) in [6, 6.07) is 6.20. The van der Waals surface area contributed by atoms with E-state index < -0.39 is 11.8 Å². The number of carbonyl (C=O) groups excluding carboxylic acids is 2. The van der Waals surface area contributed by atoms with Crippen LogP contribution in [0.1, 0.15) is 32.4 Å². The van der Waals surface area contributed by atoms with Crippen molar-refractivity contribution < 1.29 is 19.1 Å². The highest BCUT2D eigenvalue weighted by Gasteiger charge is 2.28. The number of thiazole rings is 1. The van der Waals surface area contributed by atoms with Crippen LogP contribution in [0.4, 0.5) is 20.0 Å². The highest BCUT2D eigenvalue weighted by Crippen LogP contribution is 2.40. The molecule has 1 N–H and O–H groups in total. The first-order valence-corrected chi connectivity index (χ1v) is 13.5. The van der Waals surface area contributed by atoms with Crippen LogP contribution in [0.15, 0.2) is 53.5 Å². The van der Waals surface area contributed by atoms with Crippen molar-refractivity contribution in [2.24, 2.45) is 4.99 Å². The number of carbonyl (C=O) groups is 2. The number of aromatic hydroxyl groups is 1. The van der Waals surface area contributed by atoms with Gasteiger partial charge in [0.1, 0.15) is 22.4 Å². The molecule has 0 aliphatic carbocycles. The third-order valence-electron chi connectivity index (χ3n) is 6.29. The van der Waals surface area contributed by atoms with Gasteiger partial charge in [-0.25, -0.2) is 24.1 Å². The predicted octanol–water partition coefficient (Wildman–Crippen LogP) is 5.83. The van der Waals surface area contributed by atoms with Gasteiger partial charge in [-0.2, -0.15) is 4.99 Å². The standard InChI is InChI=1S/C27H28ClFN6O3S/c1-5-22(37)33-11-12-34(17(4)13-33)14-30-27(38)35(26-24(16(2)3)31-15-39-26)21-10-9-18(28)25(32-21)23-19(29)7-6-8-20(23)36/h5-10,14-17,36H,1,11-13H2,2-4H3/b30-14+/t17-/m0/s1. The lowest BCUT2D eigenvalue weighted by Gasteiger charge is -2.38. The number of urea groups is 1. The summed E-state index contributed by atoms with van der Waals surface area (Å²) in [6.45, 7) is 10.8. The number of aliphatic imine (C=N–C) groups is 1. The van der Waals surface area contributed by atoms with Gasteiger partial charge in [0.2, 0.25) is 5.91 Å². The molecule has 9 nitrogen and oxygen atoms in total. The first-order valence-electron chi connectivity index (χ1n) is 12.3. The number of nitrogens with zero attached hydrogens (tertiary/aromatic N) is 6. The van der Waals surface area contributed by atoms with Crippen LogP contribution in [0.2, 0.25) is 5.02 Å². The molecule has 0 bridgehead atoms. The second kappa shape index (κ2) is 11.9. The molecule has 1 fully saturated rings. The van der Waals surface area contributed by atoms with E-state index >= 15 is 0 Å². The van der Waals surface area contributed by atoms with E-state index in [0.29, 0.717) is 30.3 Å². The molecule has 1 aromatic carbocycles. The van der Waals surface area contributed by atoms with Gasteiger partial charge in [-0.3, -0.25) is 4.79 Å². The van der Waals surface area contributed by atoms with Crippen LogP contribution in [-0.2, 0) is 4.79 Å². The normalized spacial score (nSPS) is 15.7. The van der Waals surface area contributed by atoms with Crippen molar-refractivity contribution in [3.05, 3.63) is 65.0 Å². The Morgan fingerprint density at radius 3 is 2.74 bits per heavy atom. The maximum absolute atomic E-state index is 14.7. The van der Waals surface area contributed by atoms with Crippen LogP contribution in [0.3, 0.4) is 0 Å². The summed E-state index contributed by atoms with van der Waals surface area (Å²) in [5.41, 5.74) is 2.11. The second-order valence-electron chi connectivity index (χ2n) is 9.27. The highest BCUT2D eigenvalue weighted by atomic mass is 35.5. The molecule has 204 valence electrons. The Morgan fingerprint density at radius 1 is 1.31 bits per heavy atom. The number of phenols is 1. The molecule has 0 saturated carbocycles. The summed E-state index contributed by atoms with van der Waals surface area (Å²) >= 11 is 7.61. The molecule has 0 radical (unpaired) electrons. The average Bonchev–Trinajstić information content (AvgIpc) is 3.39. The summed E-state index contributed by atoms with van der Waals surface area (Å²) in [5, 5.41) is 11.0. The molecule has 1 atom stereocenters. The van der Waals surface area contributed by atoms with Gasteiger partial charge in [-0.15, -0.1) is 11.3 Å². The van der Waals surface area contributed by atoms with E-state index in [0.717, 1.165) is 0 Å². The molecule has 1 saturated heterocycles. The largest absolute Gasteiger partial charge is 0.507 e. The van der Waals surface area contributed by atoms with Crippen molar-refractivity contribution in [2.45, 2.75) is 32.7 Å². The van der Waals surface area contributed by atoms with Crippen LogP contribution in [0, 0.1) is 5.82 Å². The molecule has 2 aromatic heterocycles. The lowest BCUT2D eigenvalue weighted by Crippen LogP contribution is -2.52. The highest BCUT2D eigenvalue weighted by molar-refractivity contribution is 7.14. The number of hydrogen-bond donors (Lipinski definition) is 1. The topological polar surface area (TPSA) is 102 Å². The Balaban J connectivity index is 1.72. The predicted molar refractivity (Wildman–Crippen MR) is 151 cm³/mol. The number of aromatic nitrogens is 2. The molecule has 0 spiro atoms. The van der Waals surface area contributed by atoms with Gasteiger partial charge in [0.15, 0.2) is 0 Å². The molecule has 1 aliphatic rings. The fraction of sp³-hybridized carbons (Fsp3) is 0.296. The van der Waals surface area contributed by atoms with E-state index in [-0.39, 0.29) is 45.7 Å². The van der Waals surface area contributed by atoms with E-state index in [2.05, 4.69) is 21.5 Å². The Kier molecular flexibility index (Phi) is 8.61. The molecule has 3 amide bonds. The number of hydrogen-bond acceptors (Lipinski definition) is 6. The maximum atomic E-state index is 14.7. The molecule has 4 rings (SSSR count). The van der Waals surface area contributed by atoms with Crippen LogP contribution >= 0.6 is 22.9 Å². The fourth-order valence-corrected chi connectivity index (χ4v) is 5.39. The zero-order valence-corrected chi connectivity index (χ0v) is 23.3. The zero-order chi connectivity index (χ0) is 28.3. The SMILES string of the molecule is C=CC(=O)N1CCN(/C=N/C(=O)N(c2ccc(Cl)c(-c3c(O)cccc3F)n2)c2scnc2C(C)C)[C@@H](C)C1. The van der Waals surface area contributed by atoms with Gasteiger partial charge >= 0.3 is 6.03 Å². The molecular weight excluding hydrogens is 543 g/mol. The zero-order valence-electron chi connectivity index (χ0n) is 21.7. The first-order chi connectivity index (χ1) is 18.6. The number of benzene rings is 1. The van der Waals surface area contributed by atoms with Crippen LogP contribution in [0.25, 0.3) is 11.3 Å². The van der Waals surface area contributed by atoms with Crippen molar-refractivity contribution in [1.82, 2.24) is 19.8 Å². The van der Waals surface area contributed by atoms with Crippen LogP contribution in [0.5, 0.6) is 5.75 Å². The number of phenolic OH excluding ortho intramolecular Hbond substituents is 1. The van der Waals surface area contributed by atoms with Crippen molar-refractivity contribution in [3.63, 3.8) is 0 Å². The summed E-state index contributed by atoms with van der Waals surface area (Å²) in [6.07, 6.45) is 2.75. The average molecular weight is 571 g/mol. The molecule has 1 aliphatic heterocycles. The minimum absolute atomic E-state index is 0.0107. The molecular formula is C27H28ClFN6O3S. The van der Waals surface area contributed by atoms with Crippen LogP contribution < -0.4 is 4.90 Å². The Bertz CT molecular complexity index is 1410. The second-order valence-corrected chi connectivity index (χ2v) is 10.5. The smallest absolute Gasteiger partial charge is 0.355 e. The molecule has 3 heterocycles. The summed E-state index contributed by atoms with van der Waals surface area (Å²) in [7, 11) is 0. The lowest BCUT2D eigenvalue weighted by molar-refractivity contribution is -0.128. The molecule has 12 heteroatoms.